The van der Waals surface area contributed by atoms with E-state index >= 15 is 0 Å². The molecule has 4 heteroatoms. The molecule has 1 rings (SSSR count). The van der Waals surface area contributed by atoms with Gasteiger partial charge in [0, 0.05) is 12.0 Å². The molecule has 0 heterocycles. The zero-order valence-electron chi connectivity index (χ0n) is 13.3. The highest BCUT2D eigenvalue weighted by Gasteiger charge is 2.22. The van der Waals surface area contributed by atoms with Crippen molar-refractivity contribution >= 4 is 11.8 Å². The molecule has 0 fully saturated rings. The van der Waals surface area contributed by atoms with E-state index in [-0.39, 0.29) is 12.2 Å². The lowest BCUT2D eigenvalue weighted by Gasteiger charge is -2.19. The predicted octanol–water partition coefficient (Wildman–Crippen LogP) is 2.97. The molecular formula is C17H25NO3. The Bertz CT molecular complexity index is 509. The first-order valence-electron chi connectivity index (χ1n) is 7.38. The standard InChI is InChI=1S/C17H25NO3/c1-11(2)10-18-15(7-8-16(19)20)17(21)14-9-12(3)5-6-13(14)4/h5-6,9,11,15,18H,7-8,10H2,1-4H3,(H,19,20). The van der Waals surface area contributed by atoms with Gasteiger partial charge in [0.05, 0.1) is 6.04 Å². The molecule has 116 valence electrons. The fourth-order valence-electron chi connectivity index (χ4n) is 2.16. The molecule has 0 amide bonds. The van der Waals surface area contributed by atoms with E-state index in [0.717, 1.165) is 11.1 Å². The number of carboxylic acid groups (broad SMARTS) is 1. The summed E-state index contributed by atoms with van der Waals surface area (Å²) < 4.78 is 0. The number of carbonyl (C=O) groups excluding carboxylic acids is 1. The second kappa shape index (κ2) is 7.93. The van der Waals surface area contributed by atoms with Gasteiger partial charge in [0.2, 0.25) is 0 Å². The van der Waals surface area contributed by atoms with Crippen molar-refractivity contribution in [1.29, 1.82) is 0 Å². The van der Waals surface area contributed by atoms with Crippen molar-refractivity contribution in [2.45, 2.75) is 46.6 Å². The highest BCUT2D eigenvalue weighted by atomic mass is 16.4. The topological polar surface area (TPSA) is 66.4 Å². The van der Waals surface area contributed by atoms with Crippen LogP contribution < -0.4 is 5.32 Å². The van der Waals surface area contributed by atoms with Crippen molar-refractivity contribution in [2.24, 2.45) is 5.92 Å². The molecule has 1 atom stereocenters. The van der Waals surface area contributed by atoms with Crippen LogP contribution in [0.4, 0.5) is 0 Å². The number of ketones is 1. The summed E-state index contributed by atoms with van der Waals surface area (Å²) in [5.41, 5.74) is 2.64. The van der Waals surface area contributed by atoms with Crippen molar-refractivity contribution < 1.29 is 14.7 Å². The van der Waals surface area contributed by atoms with E-state index in [2.05, 4.69) is 19.2 Å². The minimum absolute atomic E-state index is 0.00757. The van der Waals surface area contributed by atoms with E-state index in [1.165, 1.54) is 0 Å². The van der Waals surface area contributed by atoms with Crippen molar-refractivity contribution in [2.75, 3.05) is 6.54 Å². The first-order valence-corrected chi connectivity index (χ1v) is 7.38. The Balaban J connectivity index is 2.91. The third kappa shape index (κ3) is 5.68. The minimum Gasteiger partial charge on any atom is -0.481 e. The first-order chi connectivity index (χ1) is 9.81. The highest BCUT2D eigenvalue weighted by Crippen LogP contribution is 2.15. The summed E-state index contributed by atoms with van der Waals surface area (Å²) in [6.07, 6.45) is 0.306. The van der Waals surface area contributed by atoms with Crippen molar-refractivity contribution in [1.82, 2.24) is 5.32 Å². The molecule has 1 aromatic carbocycles. The van der Waals surface area contributed by atoms with Crippen LogP contribution in [0.25, 0.3) is 0 Å². The molecule has 0 saturated carbocycles. The number of benzene rings is 1. The number of rotatable bonds is 8. The predicted molar refractivity (Wildman–Crippen MR) is 83.7 cm³/mol. The first kappa shape index (κ1) is 17.4. The maximum absolute atomic E-state index is 12.7. The summed E-state index contributed by atoms with van der Waals surface area (Å²) in [5, 5.41) is 12.1. The van der Waals surface area contributed by atoms with Gasteiger partial charge in [-0.3, -0.25) is 9.59 Å². The van der Waals surface area contributed by atoms with Gasteiger partial charge >= 0.3 is 5.97 Å². The van der Waals surface area contributed by atoms with E-state index in [4.69, 9.17) is 5.11 Å². The van der Waals surface area contributed by atoms with Gasteiger partial charge in [-0.05, 0) is 44.4 Å². The number of hydrogen-bond acceptors (Lipinski definition) is 3. The summed E-state index contributed by atoms with van der Waals surface area (Å²) in [6, 6.07) is 5.34. The molecule has 0 aromatic heterocycles. The van der Waals surface area contributed by atoms with Crippen LogP contribution >= 0.6 is 0 Å². The quantitative estimate of drug-likeness (QED) is 0.723. The average Bonchev–Trinajstić information content (AvgIpc) is 2.40. The van der Waals surface area contributed by atoms with Gasteiger partial charge in [0.1, 0.15) is 0 Å². The number of hydrogen-bond donors (Lipinski definition) is 2. The van der Waals surface area contributed by atoms with E-state index in [9.17, 15) is 9.59 Å². The molecule has 0 saturated heterocycles. The number of nitrogens with one attached hydrogen (secondary N) is 1. The van der Waals surface area contributed by atoms with E-state index < -0.39 is 12.0 Å². The molecule has 0 spiro atoms. The Morgan fingerprint density at radius 1 is 1.24 bits per heavy atom. The zero-order valence-corrected chi connectivity index (χ0v) is 13.3. The molecule has 0 aliphatic carbocycles. The molecule has 1 aromatic rings. The minimum atomic E-state index is -0.875. The van der Waals surface area contributed by atoms with E-state index in [1.807, 2.05) is 32.0 Å². The van der Waals surface area contributed by atoms with Crippen LogP contribution in [0.1, 0.15) is 48.2 Å². The SMILES string of the molecule is Cc1ccc(C)c(C(=O)C(CCC(=O)O)NCC(C)C)c1. The second-order valence-corrected chi connectivity index (χ2v) is 5.97. The fourth-order valence-corrected chi connectivity index (χ4v) is 2.16. The van der Waals surface area contributed by atoms with E-state index in [1.54, 1.807) is 0 Å². The smallest absolute Gasteiger partial charge is 0.303 e. The maximum atomic E-state index is 12.7. The number of aliphatic carboxylic acids is 1. The van der Waals surface area contributed by atoms with Crippen molar-refractivity contribution in [3.8, 4) is 0 Å². The summed E-state index contributed by atoms with van der Waals surface area (Å²) >= 11 is 0. The van der Waals surface area contributed by atoms with Gasteiger partial charge in [-0.1, -0.05) is 31.5 Å². The molecule has 1 unspecified atom stereocenters. The van der Waals surface area contributed by atoms with Crippen LogP contribution in [-0.4, -0.2) is 29.4 Å². The Hall–Kier alpha value is -1.68. The summed E-state index contributed by atoms with van der Waals surface area (Å²) in [4.78, 5) is 23.5. The van der Waals surface area contributed by atoms with Gasteiger partial charge in [-0.15, -0.1) is 0 Å². The van der Waals surface area contributed by atoms with Crippen LogP contribution in [0, 0.1) is 19.8 Å². The molecule has 0 bridgehead atoms. The van der Waals surface area contributed by atoms with Crippen LogP contribution in [0.3, 0.4) is 0 Å². The molecule has 4 nitrogen and oxygen atoms in total. The fraction of sp³-hybridized carbons (Fsp3) is 0.529. The molecule has 2 N–H and O–H groups in total. The third-order valence-corrected chi connectivity index (χ3v) is 3.39. The average molecular weight is 291 g/mol. The van der Waals surface area contributed by atoms with Gasteiger partial charge in [-0.25, -0.2) is 0 Å². The van der Waals surface area contributed by atoms with Crippen molar-refractivity contribution in [3.05, 3.63) is 34.9 Å². The third-order valence-electron chi connectivity index (χ3n) is 3.39. The highest BCUT2D eigenvalue weighted by molar-refractivity contribution is 6.01. The Kier molecular flexibility index (Phi) is 6.56. The summed E-state index contributed by atoms with van der Waals surface area (Å²) in [6.45, 7) is 8.67. The second-order valence-electron chi connectivity index (χ2n) is 5.97. The normalized spacial score (nSPS) is 12.4. The number of carboxylic acids is 1. The molecule has 0 aliphatic rings. The summed E-state index contributed by atoms with van der Waals surface area (Å²) in [7, 11) is 0. The maximum Gasteiger partial charge on any atom is 0.303 e. The Morgan fingerprint density at radius 3 is 2.48 bits per heavy atom. The van der Waals surface area contributed by atoms with Crippen molar-refractivity contribution in [3.63, 3.8) is 0 Å². The lowest BCUT2D eigenvalue weighted by Crippen LogP contribution is -2.39. The van der Waals surface area contributed by atoms with Gasteiger partial charge in [0.25, 0.3) is 0 Å². The molecular weight excluding hydrogens is 266 g/mol. The Labute approximate surface area is 126 Å². The van der Waals surface area contributed by atoms with Crippen LogP contribution in [0.2, 0.25) is 0 Å². The lowest BCUT2D eigenvalue weighted by molar-refractivity contribution is -0.137. The molecule has 0 aliphatic heterocycles. The Morgan fingerprint density at radius 2 is 1.90 bits per heavy atom. The van der Waals surface area contributed by atoms with E-state index in [0.29, 0.717) is 24.4 Å². The number of carbonyl (C=O) groups is 2. The van der Waals surface area contributed by atoms with Crippen LogP contribution in [0.15, 0.2) is 18.2 Å². The van der Waals surface area contributed by atoms with Gasteiger partial charge < -0.3 is 10.4 Å². The summed E-state index contributed by atoms with van der Waals surface area (Å²) in [5.74, 6) is -0.484. The zero-order chi connectivity index (χ0) is 16.0. The van der Waals surface area contributed by atoms with Gasteiger partial charge in [0.15, 0.2) is 5.78 Å². The largest absolute Gasteiger partial charge is 0.481 e. The molecule has 0 radical (unpaired) electrons. The molecule has 21 heavy (non-hydrogen) atoms. The monoisotopic (exact) mass is 291 g/mol. The lowest BCUT2D eigenvalue weighted by atomic mass is 9.95. The van der Waals surface area contributed by atoms with Gasteiger partial charge in [-0.2, -0.15) is 0 Å². The number of aryl methyl sites for hydroxylation is 2. The van der Waals surface area contributed by atoms with Crippen LogP contribution in [-0.2, 0) is 4.79 Å². The van der Waals surface area contributed by atoms with Crippen LogP contribution in [0.5, 0.6) is 0 Å². The number of Topliss-reactive ketones (excluding diaryl/α,β-unsaturated/α-hetero) is 1.